The topological polar surface area (TPSA) is 30.5 Å². The highest BCUT2D eigenvalue weighted by molar-refractivity contribution is 5.44. The van der Waals surface area contributed by atoms with Gasteiger partial charge < -0.3 is 14.8 Å². The molecule has 0 aliphatic carbocycles. The van der Waals surface area contributed by atoms with Crippen LogP contribution in [-0.4, -0.2) is 20.2 Å². The minimum absolute atomic E-state index is 0.583. The van der Waals surface area contributed by atoms with E-state index in [1.807, 2.05) is 31.3 Å². The van der Waals surface area contributed by atoms with Crippen LogP contribution in [0.5, 0.6) is 11.5 Å². The van der Waals surface area contributed by atoms with Crippen molar-refractivity contribution in [1.82, 2.24) is 5.32 Å². The van der Waals surface area contributed by atoms with E-state index in [9.17, 15) is 0 Å². The minimum Gasteiger partial charge on any atom is -0.493 e. The second kappa shape index (κ2) is 7.32. The maximum absolute atomic E-state index is 5.88. The van der Waals surface area contributed by atoms with Crippen LogP contribution in [0, 0.1) is 0 Å². The first kappa shape index (κ1) is 14.9. The summed E-state index contributed by atoms with van der Waals surface area (Å²) in [5.74, 6) is 2.44. The van der Waals surface area contributed by atoms with Gasteiger partial charge in [0.05, 0.1) is 6.61 Å². The fraction of sp³-hybridized carbons (Fsp3) is 0.368. The van der Waals surface area contributed by atoms with E-state index in [1.165, 1.54) is 11.1 Å². The lowest BCUT2D eigenvalue weighted by Crippen LogP contribution is -2.18. The fourth-order valence-corrected chi connectivity index (χ4v) is 2.89. The molecule has 1 aliphatic rings. The molecule has 0 spiro atoms. The molecule has 2 aromatic carbocycles. The van der Waals surface area contributed by atoms with Crippen molar-refractivity contribution >= 4 is 0 Å². The van der Waals surface area contributed by atoms with Gasteiger partial charge in [-0.15, -0.1) is 0 Å². The van der Waals surface area contributed by atoms with Crippen LogP contribution < -0.4 is 14.8 Å². The first-order chi connectivity index (χ1) is 10.9. The summed E-state index contributed by atoms with van der Waals surface area (Å²) in [7, 11) is 2.00. The predicted molar refractivity (Wildman–Crippen MR) is 88.6 cm³/mol. The van der Waals surface area contributed by atoms with Gasteiger partial charge in [0, 0.05) is 6.07 Å². The van der Waals surface area contributed by atoms with E-state index in [4.69, 9.17) is 9.47 Å². The molecule has 0 fully saturated rings. The summed E-state index contributed by atoms with van der Waals surface area (Å²) in [6, 6.07) is 16.5. The van der Waals surface area contributed by atoms with E-state index in [0.717, 1.165) is 37.5 Å². The van der Waals surface area contributed by atoms with Crippen LogP contribution in [-0.2, 0) is 6.61 Å². The molecule has 0 saturated heterocycles. The second-order valence-electron chi connectivity index (χ2n) is 5.70. The summed E-state index contributed by atoms with van der Waals surface area (Å²) in [6.45, 7) is 2.42. The normalized spacial score (nSPS) is 16.7. The summed E-state index contributed by atoms with van der Waals surface area (Å²) < 4.78 is 11.7. The Hall–Kier alpha value is -2.00. The Kier molecular flexibility index (Phi) is 4.96. The van der Waals surface area contributed by atoms with Crippen molar-refractivity contribution in [3.63, 3.8) is 0 Å². The number of hydrogen-bond acceptors (Lipinski definition) is 3. The number of fused-ring (bicyclic) bond motifs is 1. The standard InChI is InChI=1S/C19H23NO2/c1-20-11-9-16-10-12-21-19-13-17(7-8-18(16)19)22-14-15-5-3-2-4-6-15/h2-8,13,16,20H,9-12,14H2,1H3. The van der Waals surface area contributed by atoms with Crippen molar-refractivity contribution in [2.24, 2.45) is 0 Å². The lowest BCUT2D eigenvalue weighted by atomic mass is 9.90. The van der Waals surface area contributed by atoms with Crippen LogP contribution in [0.3, 0.4) is 0 Å². The predicted octanol–water partition coefficient (Wildman–Crippen LogP) is 3.74. The Morgan fingerprint density at radius 1 is 1.18 bits per heavy atom. The van der Waals surface area contributed by atoms with Crippen molar-refractivity contribution < 1.29 is 9.47 Å². The minimum atomic E-state index is 0.583. The Bertz CT molecular complexity index is 598. The van der Waals surface area contributed by atoms with Gasteiger partial charge >= 0.3 is 0 Å². The maximum atomic E-state index is 5.88. The summed E-state index contributed by atoms with van der Waals surface area (Å²) in [6.07, 6.45) is 2.25. The fourth-order valence-electron chi connectivity index (χ4n) is 2.89. The molecule has 3 rings (SSSR count). The zero-order chi connectivity index (χ0) is 15.2. The number of ether oxygens (including phenoxy) is 2. The van der Waals surface area contributed by atoms with Crippen LogP contribution in [0.1, 0.15) is 29.9 Å². The van der Waals surface area contributed by atoms with Gasteiger partial charge in [0.25, 0.3) is 0 Å². The molecular weight excluding hydrogens is 274 g/mol. The third-order valence-electron chi connectivity index (χ3n) is 4.14. The summed E-state index contributed by atoms with van der Waals surface area (Å²) in [5.41, 5.74) is 2.49. The average molecular weight is 297 g/mol. The molecule has 0 radical (unpaired) electrons. The summed E-state index contributed by atoms with van der Waals surface area (Å²) in [5, 5.41) is 3.23. The van der Waals surface area contributed by atoms with Gasteiger partial charge in [-0.3, -0.25) is 0 Å². The van der Waals surface area contributed by atoms with Gasteiger partial charge in [-0.05, 0) is 49.5 Å². The first-order valence-corrected chi connectivity index (χ1v) is 7.95. The molecule has 1 heterocycles. The molecule has 116 valence electrons. The van der Waals surface area contributed by atoms with Crippen molar-refractivity contribution in [2.45, 2.75) is 25.4 Å². The lowest BCUT2D eigenvalue weighted by molar-refractivity contribution is 0.257. The number of hydrogen-bond donors (Lipinski definition) is 1. The highest BCUT2D eigenvalue weighted by Gasteiger charge is 2.21. The molecule has 1 atom stereocenters. The van der Waals surface area contributed by atoms with Gasteiger partial charge in [0.2, 0.25) is 0 Å². The smallest absolute Gasteiger partial charge is 0.126 e. The highest BCUT2D eigenvalue weighted by Crippen LogP contribution is 2.37. The molecule has 1 aliphatic heterocycles. The zero-order valence-electron chi connectivity index (χ0n) is 13.0. The van der Waals surface area contributed by atoms with Crippen molar-refractivity contribution in [3.8, 4) is 11.5 Å². The number of rotatable bonds is 6. The molecule has 0 amide bonds. The van der Waals surface area contributed by atoms with Crippen molar-refractivity contribution in [1.29, 1.82) is 0 Å². The van der Waals surface area contributed by atoms with Gasteiger partial charge in [-0.2, -0.15) is 0 Å². The second-order valence-corrected chi connectivity index (χ2v) is 5.70. The Morgan fingerprint density at radius 3 is 2.86 bits per heavy atom. The monoisotopic (exact) mass is 297 g/mol. The summed E-state index contributed by atoms with van der Waals surface area (Å²) >= 11 is 0. The third-order valence-corrected chi connectivity index (χ3v) is 4.14. The van der Waals surface area contributed by atoms with Gasteiger partial charge in [-0.25, -0.2) is 0 Å². The Morgan fingerprint density at radius 2 is 2.05 bits per heavy atom. The maximum Gasteiger partial charge on any atom is 0.126 e. The average Bonchev–Trinajstić information content (AvgIpc) is 2.58. The van der Waals surface area contributed by atoms with Crippen LogP contribution in [0.4, 0.5) is 0 Å². The summed E-state index contributed by atoms with van der Waals surface area (Å²) in [4.78, 5) is 0. The third kappa shape index (κ3) is 3.60. The first-order valence-electron chi connectivity index (χ1n) is 7.95. The van der Waals surface area contributed by atoms with E-state index < -0.39 is 0 Å². The molecular formula is C19H23NO2. The van der Waals surface area contributed by atoms with E-state index in [1.54, 1.807) is 0 Å². The van der Waals surface area contributed by atoms with Crippen molar-refractivity contribution in [3.05, 3.63) is 59.7 Å². The quantitative estimate of drug-likeness (QED) is 0.881. The molecule has 2 aromatic rings. The van der Waals surface area contributed by atoms with Crippen molar-refractivity contribution in [2.75, 3.05) is 20.2 Å². The molecule has 1 unspecified atom stereocenters. The van der Waals surface area contributed by atoms with E-state index in [0.29, 0.717) is 12.5 Å². The number of nitrogens with one attached hydrogen (secondary N) is 1. The van der Waals surface area contributed by atoms with E-state index >= 15 is 0 Å². The molecule has 0 aromatic heterocycles. The van der Waals surface area contributed by atoms with Crippen LogP contribution >= 0.6 is 0 Å². The van der Waals surface area contributed by atoms with Gasteiger partial charge in [0.15, 0.2) is 0 Å². The van der Waals surface area contributed by atoms with Gasteiger partial charge in [0.1, 0.15) is 18.1 Å². The molecule has 3 heteroatoms. The highest BCUT2D eigenvalue weighted by atomic mass is 16.5. The SMILES string of the molecule is CNCCC1CCOc2cc(OCc3ccccc3)ccc21. The van der Waals surface area contributed by atoms with E-state index in [-0.39, 0.29) is 0 Å². The largest absolute Gasteiger partial charge is 0.493 e. The van der Waals surface area contributed by atoms with E-state index in [2.05, 4.69) is 29.6 Å². The molecule has 3 nitrogen and oxygen atoms in total. The molecule has 0 bridgehead atoms. The molecule has 1 N–H and O–H groups in total. The van der Waals surface area contributed by atoms with Crippen LogP contribution in [0.2, 0.25) is 0 Å². The van der Waals surface area contributed by atoms with Crippen LogP contribution in [0.25, 0.3) is 0 Å². The van der Waals surface area contributed by atoms with Crippen LogP contribution in [0.15, 0.2) is 48.5 Å². The molecule has 0 saturated carbocycles. The zero-order valence-corrected chi connectivity index (χ0v) is 13.0. The number of benzene rings is 2. The lowest BCUT2D eigenvalue weighted by Gasteiger charge is -2.26. The van der Waals surface area contributed by atoms with Gasteiger partial charge in [-0.1, -0.05) is 36.4 Å². The Balaban J connectivity index is 1.68. The Labute approximate surface area is 132 Å². The molecule has 22 heavy (non-hydrogen) atoms.